The van der Waals surface area contributed by atoms with Gasteiger partial charge in [0, 0.05) is 18.2 Å². The van der Waals surface area contributed by atoms with Crippen LogP contribution in [0.25, 0.3) is 0 Å². The number of carboxylic acids is 1. The fourth-order valence-corrected chi connectivity index (χ4v) is 3.66. The molecule has 1 atom stereocenters. The molecule has 0 saturated carbocycles. The van der Waals surface area contributed by atoms with Crippen LogP contribution in [-0.2, 0) is 11.2 Å². The number of aromatic nitrogens is 2. The molecule has 4 N–H and O–H groups in total. The zero-order valence-electron chi connectivity index (χ0n) is 21.0. The van der Waals surface area contributed by atoms with Gasteiger partial charge in [0.2, 0.25) is 0 Å². The van der Waals surface area contributed by atoms with E-state index in [1.807, 2.05) is 0 Å². The Morgan fingerprint density at radius 1 is 0.868 bits per heavy atom. The van der Waals surface area contributed by atoms with E-state index in [9.17, 15) is 24.3 Å². The quantitative estimate of drug-likeness (QED) is 0.286. The predicted octanol–water partition coefficient (Wildman–Crippen LogP) is 1.48. The van der Waals surface area contributed by atoms with E-state index in [-0.39, 0.29) is 51.9 Å². The lowest BCUT2D eigenvalue weighted by molar-refractivity contribution is -0.139. The Kier molecular flexibility index (Phi) is 8.87. The van der Waals surface area contributed by atoms with Crippen molar-refractivity contribution in [1.29, 1.82) is 0 Å². The molecule has 0 saturated heterocycles. The van der Waals surface area contributed by atoms with Crippen molar-refractivity contribution in [1.82, 2.24) is 15.3 Å². The minimum Gasteiger partial charge on any atom is -0.496 e. The van der Waals surface area contributed by atoms with E-state index in [2.05, 4.69) is 20.6 Å². The number of methoxy groups -OCH3 is 4. The number of hydrogen-bond acceptors (Lipinski definition) is 9. The zero-order valence-corrected chi connectivity index (χ0v) is 21.0. The second-order valence-electron chi connectivity index (χ2n) is 7.69. The molecule has 2 amide bonds. The summed E-state index contributed by atoms with van der Waals surface area (Å²) in [6.45, 7) is 0. The number of anilines is 1. The number of nitrogens with one attached hydrogen (secondary N) is 3. The highest BCUT2D eigenvalue weighted by atomic mass is 16.5. The van der Waals surface area contributed by atoms with E-state index in [1.54, 1.807) is 24.3 Å². The molecule has 0 radical (unpaired) electrons. The summed E-state index contributed by atoms with van der Waals surface area (Å²) in [7, 11) is 5.47. The van der Waals surface area contributed by atoms with Crippen molar-refractivity contribution in [2.45, 2.75) is 12.5 Å². The molecule has 0 aliphatic carbocycles. The van der Waals surface area contributed by atoms with Crippen molar-refractivity contribution in [2.75, 3.05) is 33.8 Å². The number of ether oxygens (including phenoxy) is 4. The minimum atomic E-state index is -1.48. The van der Waals surface area contributed by atoms with E-state index in [1.165, 1.54) is 40.6 Å². The van der Waals surface area contributed by atoms with Crippen LogP contribution in [0.15, 0.2) is 47.4 Å². The molecule has 0 fully saturated rings. The highest BCUT2D eigenvalue weighted by molar-refractivity contribution is 6.08. The molecule has 2 aromatic carbocycles. The third-order valence-corrected chi connectivity index (χ3v) is 5.47. The van der Waals surface area contributed by atoms with E-state index in [0.717, 1.165) is 6.20 Å². The van der Waals surface area contributed by atoms with E-state index in [4.69, 9.17) is 18.9 Å². The van der Waals surface area contributed by atoms with Gasteiger partial charge in [0.1, 0.15) is 46.0 Å². The van der Waals surface area contributed by atoms with Gasteiger partial charge in [0.05, 0.1) is 28.4 Å². The van der Waals surface area contributed by atoms with Crippen LogP contribution in [0.3, 0.4) is 0 Å². The summed E-state index contributed by atoms with van der Waals surface area (Å²) >= 11 is 0. The number of carbonyl (C=O) groups is 3. The van der Waals surface area contributed by atoms with Crippen LogP contribution in [-0.4, -0.2) is 67.3 Å². The van der Waals surface area contributed by atoms with Gasteiger partial charge in [0.15, 0.2) is 0 Å². The second-order valence-corrected chi connectivity index (χ2v) is 7.69. The third kappa shape index (κ3) is 6.00. The van der Waals surface area contributed by atoms with E-state index < -0.39 is 29.5 Å². The molecule has 1 heterocycles. The average Bonchev–Trinajstić information content (AvgIpc) is 2.92. The van der Waals surface area contributed by atoms with E-state index in [0.29, 0.717) is 0 Å². The summed E-state index contributed by atoms with van der Waals surface area (Å²) in [6.07, 6.45) is 0.765. The molecule has 13 heteroatoms. The number of H-pyrrole nitrogens is 1. The lowest BCUT2D eigenvalue weighted by atomic mass is 10.1. The highest BCUT2D eigenvalue weighted by Gasteiger charge is 2.27. The highest BCUT2D eigenvalue weighted by Crippen LogP contribution is 2.30. The van der Waals surface area contributed by atoms with Gasteiger partial charge in [-0.25, -0.2) is 14.6 Å². The topological polar surface area (TPSA) is 178 Å². The second kappa shape index (κ2) is 12.3. The van der Waals surface area contributed by atoms with E-state index >= 15 is 0 Å². The molecular weight excluding hydrogens is 500 g/mol. The fraction of sp³-hybridized carbons (Fsp3) is 0.240. The number of aromatic amines is 1. The summed E-state index contributed by atoms with van der Waals surface area (Å²) in [4.78, 5) is 56.2. The summed E-state index contributed by atoms with van der Waals surface area (Å²) < 4.78 is 20.9. The Labute approximate surface area is 216 Å². The summed E-state index contributed by atoms with van der Waals surface area (Å²) in [5.74, 6) is -2.18. The summed E-state index contributed by atoms with van der Waals surface area (Å²) in [5, 5.41) is 14.8. The van der Waals surface area contributed by atoms with Gasteiger partial charge in [-0.1, -0.05) is 12.1 Å². The number of hydrogen-bond donors (Lipinski definition) is 4. The van der Waals surface area contributed by atoms with Crippen molar-refractivity contribution in [3.05, 3.63) is 69.8 Å². The molecular formula is C25H26N4O9. The molecule has 1 aromatic heterocycles. The van der Waals surface area contributed by atoms with Crippen molar-refractivity contribution in [3.63, 3.8) is 0 Å². The van der Waals surface area contributed by atoms with Crippen molar-refractivity contribution >= 4 is 23.6 Å². The van der Waals surface area contributed by atoms with Gasteiger partial charge in [-0.15, -0.1) is 0 Å². The van der Waals surface area contributed by atoms with Gasteiger partial charge in [-0.2, -0.15) is 0 Å². The monoisotopic (exact) mass is 526 g/mol. The normalized spacial score (nSPS) is 11.2. The first-order valence-electron chi connectivity index (χ1n) is 11.1. The molecule has 0 bridgehead atoms. The SMILES string of the molecule is COc1cccc(OC)c1C(=O)Nc1[nH]c(=O)ncc1CC(NC(=O)c1c(OC)cccc1OC)C(=O)O. The van der Waals surface area contributed by atoms with Gasteiger partial charge in [0.25, 0.3) is 11.8 Å². The molecule has 3 rings (SSSR count). The molecule has 38 heavy (non-hydrogen) atoms. The van der Waals surface area contributed by atoms with Crippen molar-refractivity contribution in [2.24, 2.45) is 0 Å². The maximum Gasteiger partial charge on any atom is 0.346 e. The minimum absolute atomic E-state index is 0.000127. The van der Waals surface area contributed by atoms with Crippen LogP contribution in [0, 0.1) is 0 Å². The number of carboxylic acid groups (broad SMARTS) is 1. The van der Waals surface area contributed by atoms with Crippen molar-refractivity contribution in [3.8, 4) is 23.0 Å². The molecule has 0 aliphatic rings. The molecule has 13 nitrogen and oxygen atoms in total. The first-order valence-corrected chi connectivity index (χ1v) is 11.1. The molecule has 0 aliphatic heterocycles. The standard InChI is InChI=1S/C25H26N4O9/c1-35-15-7-5-8-16(36-2)19(15)22(30)27-14(24(32)33)11-13-12-26-25(34)29-21(13)28-23(31)20-17(37-3)9-6-10-18(20)38-4/h5-10,12,14H,11H2,1-4H3,(H,27,30)(H,32,33)(H2,26,28,29,31,34). The zero-order chi connectivity index (χ0) is 27.8. The molecule has 200 valence electrons. The number of benzene rings is 2. The smallest absolute Gasteiger partial charge is 0.346 e. The molecule has 3 aromatic rings. The number of rotatable bonds is 11. The Morgan fingerprint density at radius 2 is 1.34 bits per heavy atom. The first kappa shape index (κ1) is 27.5. The Bertz CT molecular complexity index is 1360. The summed E-state index contributed by atoms with van der Waals surface area (Å²) in [6, 6.07) is 7.91. The van der Waals surface area contributed by atoms with Crippen molar-refractivity contribution < 1.29 is 38.4 Å². The largest absolute Gasteiger partial charge is 0.496 e. The maximum absolute atomic E-state index is 13.1. The average molecular weight is 527 g/mol. The number of amides is 2. The Balaban J connectivity index is 1.93. The third-order valence-electron chi connectivity index (χ3n) is 5.47. The maximum atomic E-state index is 13.1. The Hall–Kier alpha value is -5.07. The van der Waals surface area contributed by atoms with Crippen LogP contribution in [0.2, 0.25) is 0 Å². The number of carbonyl (C=O) groups excluding carboxylic acids is 2. The lowest BCUT2D eigenvalue weighted by Gasteiger charge is -2.19. The fourth-order valence-electron chi connectivity index (χ4n) is 3.66. The van der Waals surface area contributed by atoms with Crippen LogP contribution >= 0.6 is 0 Å². The predicted molar refractivity (Wildman–Crippen MR) is 134 cm³/mol. The van der Waals surface area contributed by atoms with Crippen LogP contribution in [0.4, 0.5) is 5.82 Å². The molecule has 0 spiro atoms. The lowest BCUT2D eigenvalue weighted by Crippen LogP contribution is -2.43. The molecule has 1 unspecified atom stereocenters. The van der Waals surface area contributed by atoms with Crippen LogP contribution < -0.4 is 35.3 Å². The van der Waals surface area contributed by atoms with Crippen LogP contribution in [0.5, 0.6) is 23.0 Å². The number of nitrogens with zero attached hydrogens (tertiary/aromatic N) is 1. The number of aliphatic carboxylic acids is 1. The first-order chi connectivity index (χ1) is 18.2. The van der Waals surface area contributed by atoms with Gasteiger partial charge >= 0.3 is 11.7 Å². The van der Waals surface area contributed by atoms with Gasteiger partial charge in [-0.3, -0.25) is 14.6 Å². The summed E-state index contributed by atoms with van der Waals surface area (Å²) in [5.41, 5.74) is -0.607. The van der Waals surface area contributed by atoms with Gasteiger partial charge in [-0.05, 0) is 24.3 Å². The Morgan fingerprint density at radius 3 is 1.79 bits per heavy atom. The van der Waals surface area contributed by atoms with Crippen LogP contribution in [0.1, 0.15) is 26.3 Å². The van der Waals surface area contributed by atoms with Gasteiger partial charge < -0.3 is 34.7 Å².